The molecule has 0 aliphatic carbocycles. The summed E-state index contributed by atoms with van der Waals surface area (Å²) in [5, 5.41) is 11.2. The molecule has 7 nitrogen and oxygen atoms in total. The van der Waals surface area contributed by atoms with Crippen molar-refractivity contribution in [2.24, 2.45) is 5.10 Å². The van der Waals surface area contributed by atoms with Crippen LogP contribution in [0.5, 0.6) is 0 Å². The maximum absolute atomic E-state index is 11.3. The van der Waals surface area contributed by atoms with Crippen molar-refractivity contribution < 1.29 is 0 Å². The molecule has 19 heavy (non-hydrogen) atoms. The molecule has 0 fully saturated rings. The molecule has 0 aliphatic rings. The highest BCUT2D eigenvalue weighted by Crippen LogP contribution is 2.14. The Kier molecular flexibility index (Phi) is 2.77. The summed E-state index contributed by atoms with van der Waals surface area (Å²) in [5.41, 5.74) is 3.68. The number of aromatic nitrogens is 4. The van der Waals surface area contributed by atoms with Crippen molar-refractivity contribution >= 4 is 23.1 Å². The molecular formula is C12H10N6O. The number of fused-ring (bicyclic) bond motifs is 1. The molecule has 0 atom stereocenters. The number of rotatable bonds is 3. The molecule has 94 valence electrons. The lowest BCUT2D eigenvalue weighted by atomic mass is 10.2. The summed E-state index contributed by atoms with van der Waals surface area (Å²) in [7, 11) is 0. The van der Waals surface area contributed by atoms with Crippen molar-refractivity contribution in [2.75, 3.05) is 5.43 Å². The van der Waals surface area contributed by atoms with Gasteiger partial charge >= 0.3 is 5.69 Å². The number of anilines is 1. The van der Waals surface area contributed by atoms with Crippen LogP contribution in [0.1, 0.15) is 5.56 Å². The Morgan fingerprint density at radius 3 is 2.95 bits per heavy atom. The monoisotopic (exact) mass is 254 g/mol. The zero-order valence-electron chi connectivity index (χ0n) is 9.79. The number of hydrogen-bond acceptors (Lipinski definition) is 5. The van der Waals surface area contributed by atoms with E-state index in [1.54, 1.807) is 12.4 Å². The molecule has 3 aromatic rings. The summed E-state index contributed by atoms with van der Waals surface area (Å²) in [4.78, 5) is 17.6. The lowest BCUT2D eigenvalue weighted by Crippen LogP contribution is -2.12. The van der Waals surface area contributed by atoms with Gasteiger partial charge in [0.2, 0.25) is 0 Å². The summed E-state index contributed by atoms with van der Waals surface area (Å²) in [6.45, 7) is 0. The van der Waals surface area contributed by atoms with E-state index in [9.17, 15) is 4.79 Å². The smallest absolute Gasteiger partial charge is 0.290 e. The number of H-pyrrole nitrogens is 2. The van der Waals surface area contributed by atoms with Crippen LogP contribution in [-0.4, -0.2) is 26.4 Å². The fourth-order valence-electron chi connectivity index (χ4n) is 1.65. The van der Waals surface area contributed by atoms with Crippen molar-refractivity contribution in [1.82, 2.24) is 20.2 Å². The average Bonchev–Trinajstić information content (AvgIpc) is 2.88. The molecule has 0 radical (unpaired) electrons. The molecule has 3 N–H and O–H groups in total. The van der Waals surface area contributed by atoms with Gasteiger partial charge in [0.15, 0.2) is 5.65 Å². The van der Waals surface area contributed by atoms with E-state index in [1.165, 1.54) is 0 Å². The summed E-state index contributed by atoms with van der Waals surface area (Å²) in [6, 6.07) is 9.62. The summed E-state index contributed by atoms with van der Waals surface area (Å²) in [5.74, 6) is 0.455. The number of nitrogens with one attached hydrogen (secondary N) is 3. The Balaban J connectivity index is 1.88. The zero-order chi connectivity index (χ0) is 13.1. The molecule has 0 aliphatic heterocycles. The Morgan fingerprint density at radius 1 is 1.26 bits per heavy atom. The highest BCUT2D eigenvalue weighted by Gasteiger charge is 2.04. The first kappa shape index (κ1) is 11.1. The van der Waals surface area contributed by atoms with E-state index in [2.05, 4.69) is 30.7 Å². The third-order valence-electron chi connectivity index (χ3n) is 2.52. The maximum Gasteiger partial charge on any atom is 0.348 e. The minimum Gasteiger partial charge on any atom is -0.290 e. The van der Waals surface area contributed by atoms with Gasteiger partial charge in [-0.2, -0.15) is 15.2 Å². The van der Waals surface area contributed by atoms with Crippen LogP contribution >= 0.6 is 0 Å². The van der Waals surface area contributed by atoms with Gasteiger partial charge in [0.05, 0.1) is 17.8 Å². The average molecular weight is 254 g/mol. The molecule has 0 saturated carbocycles. The van der Waals surface area contributed by atoms with Gasteiger partial charge in [-0.15, -0.1) is 0 Å². The van der Waals surface area contributed by atoms with Crippen LogP contribution < -0.4 is 11.1 Å². The van der Waals surface area contributed by atoms with Gasteiger partial charge in [0.1, 0.15) is 5.82 Å². The second kappa shape index (κ2) is 4.73. The van der Waals surface area contributed by atoms with Crippen LogP contribution in [-0.2, 0) is 0 Å². The molecule has 0 amide bonds. The van der Waals surface area contributed by atoms with Crippen molar-refractivity contribution in [3.05, 3.63) is 52.6 Å². The number of nitrogens with zero attached hydrogens (tertiary/aromatic N) is 3. The van der Waals surface area contributed by atoms with Crippen LogP contribution in [0.4, 0.5) is 5.82 Å². The number of aromatic amines is 2. The van der Waals surface area contributed by atoms with E-state index in [0.29, 0.717) is 16.9 Å². The lowest BCUT2D eigenvalue weighted by Gasteiger charge is -2.00. The minimum absolute atomic E-state index is 0.418. The van der Waals surface area contributed by atoms with Gasteiger partial charge in [-0.05, 0) is 5.56 Å². The molecule has 2 aromatic heterocycles. The molecule has 3 rings (SSSR count). The predicted octanol–water partition coefficient (Wildman–Crippen LogP) is 1.09. The first-order valence-electron chi connectivity index (χ1n) is 5.60. The highest BCUT2D eigenvalue weighted by atomic mass is 16.1. The third kappa shape index (κ3) is 2.34. The van der Waals surface area contributed by atoms with Gasteiger partial charge in [-0.3, -0.25) is 15.5 Å². The van der Waals surface area contributed by atoms with E-state index in [0.717, 1.165) is 5.56 Å². The summed E-state index contributed by atoms with van der Waals surface area (Å²) < 4.78 is 0. The Bertz CT molecular complexity index is 774. The lowest BCUT2D eigenvalue weighted by molar-refractivity contribution is 1.06. The molecule has 0 bridgehead atoms. The van der Waals surface area contributed by atoms with Crippen LogP contribution in [0.25, 0.3) is 11.0 Å². The summed E-state index contributed by atoms with van der Waals surface area (Å²) in [6.07, 6.45) is 3.23. The largest absolute Gasteiger partial charge is 0.348 e. The van der Waals surface area contributed by atoms with Crippen LogP contribution in [0.15, 0.2) is 46.4 Å². The number of hydrogen-bond donors (Lipinski definition) is 3. The van der Waals surface area contributed by atoms with Crippen molar-refractivity contribution in [2.45, 2.75) is 0 Å². The molecule has 0 spiro atoms. The van der Waals surface area contributed by atoms with E-state index in [4.69, 9.17) is 0 Å². The van der Waals surface area contributed by atoms with Gasteiger partial charge in [-0.1, -0.05) is 30.3 Å². The van der Waals surface area contributed by atoms with Gasteiger partial charge in [0, 0.05) is 0 Å². The van der Waals surface area contributed by atoms with Crippen molar-refractivity contribution in [1.29, 1.82) is 0 Å². The maximum atomic E-state index is 11.3. The first-order chi connectivity index (χ1) is 9.33. The second-order valence-corrected chi connectivity index (χ2v) is 3.83. The van der Waals surface area contributed by atoms with Gasteiger partial charge in [-0.25, -0.2) is 4.79 Å². The molecular weight excluding hydrogens is 244 g/mol. The Morgan fingerprint density at radius 2 is 2.11 bits per heavy atom. The molecule has 0 unspecified atom stereocenters. The Labute approximate surface area is 107 Å². The SMILES string of the molecule is O=c1nc2[nH]ncc2c(NN=Cc2ccccc2)[nH]1. The predicted molar refractivity (Wildman–Crippen MR) is 72.2 cm³/mol. The minimum atomic E-state index is -0.464. The topological polar surface area (TPSA) is 98.8 Å². The van der Waals surface area contributed by atoms with Crippen LogP contribution in [0, 0.1) is 0 Å². The number of benzene rings is 1. The third-order valence-corrected chi connectivity index (χ3v) is 2.52. The fraction of sp³-hybridized carbons (Fsp3) is 0. The molecule has 1 aromatic carbocycles. The van der Waals surface area contributed by atoms with Crippen molar-refractivity contribution in [3.8, 4) is 0 Å². The normalized spacial score (nSPS) is 11.2. The van der Waals surface area contributed by atoms with Gasteiger partial charge < -0.3 is 0 Å². The first-order valence-corrected chi connectivity index (χ1v) is 5.60. The van der Waals surface area contributed by atoms with Gasteiger partial charge in [0.25, 0.3) is 0 Å². The van der Waals surface area contributed by atoms with E-state index in [-0.39, 0.29) is 0 Å². The van der Waals surface area contributed by atoms with Crippen molar-refractivity contribution in [3.63, 3.8) is 0 Å². The standard InChI is InChI=1S/C12H10N6O/c19-12-15-10(9-7-14-18-11(9)16-12)17-13-6-8-4-2-1-3-5-8/h1-7H,(H3,14,15,16,17,18,19). The highest BCUT2D eigenvalue weighted by molar-refractivity contribution is 5.86. The fourth-order valence-corrected chi connectivity index (χ4v) is 1.65. The van der Waals surface area contributed by atoms with E-state index < -0.39 is 5.69 Å². The van der Waals surface area contributed by atoms with E-state index in [1.807, 2.05) is 30.3 Å². The molecule has 7 heteroatoms. The second-order valence-electron chi connectivity index (χ2n) is 3.83. The summed E-state index contributed by atoms with van der Waals surface area (Å²) >= 11 is 0. The number of hydrazone groups is 1. The molecule has 2 heterocycles. The zero-order valence-corrected chi connectivity index (χ0v) is 9.79. The van der Waals surface area contributed by atoms with E-state index >= 15 is 0 Å². The quantitative estimate of drug-likeness (QED) is 0.481. The Hall–Kier alpha value is -2.96. The van der Waals surface area contributed by atoms with Crippen LogP contribution in [0.2, 0.25) is 0 Å². The van der Waals surface area contributed by atoms with Crippen LogP contribution in [0.3, 0.4) is 0 Å². The molecule has 0 saturated heterocycles.